The number of carbonyl (C=O) groups is 1. The third-order valence-corrected chi connectivity index (χ3v) is 6.01. The van der Waals surface area contributed by atoms with Gasteiger partial charge in [0.15, 0.2) is 0 Å². The van der Waals surface area contributed by atoms with Gasteiger partial charge in [-0.2, -0.15) is 0 Å². The molecule has 1 atom stereocenters. The van der Waals surface area contributed by atoms with Crippen LogP contribution in [-0.2, 0) is 9.53 Å². The number of fused-ring (bicyclic) bond motifs is 1. The fraction of sp³-hybridized carbons (Fsp3) is 0.233. The van der Waals surface area contributed by atoms with Gasteiger partial charge in [0.1, 0.15) is 35.5 Å². The van der Waals surface area contributed by atoms with Gasteiger partial charge in [0.2, 0.25) is 5.91 Å². The van der Waals surface area contributed by atoms with Crippen LogP contribution in [0.25, 0.3) is 10.9 Å². The number of nitrogens with one attached hydrogen (secondary N) is 2. The molecule has 0 bridgehead atoms. The summed E-state index contributed by atoms with van der Waals surface area (Å²) in [7, 11) is 3.89. The van der Waals surface area contributed by atoms with Gasteiger partial charge in [-0.3, -0.25) is 4.79 Å². The number of hydrogen-bond donors (Lipinski definition) is 2. The lowest BCUT2D eigenvalue weighted by Gasteiger charge is -2.17. The maximum absolute atomic E-state index is 12.7. The van der Waals surface area contributed by atoms with Crippen molar-refractivity contribution in [2.45, 2.75) is 12.5 Å². The topological polar surface area (TPSA) is 97.8 Å². The molecular formula is C30H31N5O4. The third kappa shape index (κ3) is 7.10. The maximum atomic E-state index is 12.7. The van der Waals surface area contributed by atoms with Gasteiger partial charge < -0.3 is 29.7 Å². The Hall–Kier alpha value is -4.47. The molecule has 9 nitrogen and oxygen atoms in total. The molecule has 1 saturated heterocycles. The molecule has 5 rings (SSSR count). The van der Waals surface area contributed by atoms with Crippen molar-refractivity contribution in [3.8, 4) is 17.2 Å². The zero-order valence-electron chi connectivity index (χ0n) is 22.0. The molecule has 1 aromatic heterocycles. The van der Waals surface area contributed by atoms with Gasteiger partial charge >= 0.3 is 0 Å². The van der Waals surface area contributed by atoms with Crippen LogP contribution in [0, 0.1) is 0 Å². The Morgan fingerprint density at radius 2 is 1.87 bits per heavy atom. The normalized spacial score (nSPS) is 15.1. The summed E-state index contributed by atoms with van der Waals surface area (Å²) < 4.78 is 17.6. The first-order chi connectivity index (χ1) is 19.0. The lowest BCUT2D eigenvalue weighted by molar-refractivity contribution is -0.111. The number of hydrogen-bond acceptors (Lipinski definition) is 8. The Balaban J connectivity index is 1.40. The molecule has 39 heavy (non-hydrogen) atoms. The standard InChI is InChI=1S/C30H31N5O4/c1-35(2)15-6-9-29(36)34-27-17-25-26(18-28(27)39-24-14-16-37-19-24)31-20-32-30(25)33-21-10-12-23(13-11-21)38-22-7-4-3-5-8-22/h3-13,17-18,20,24H,14-16,19H2,1-2H3,(H,34,36)(H,31,32,33)/b9-6+. The summed E-state index contributed by atoms with van der Waals surface area (Å²) in [4.78, 5) is 23.6. The zero-order chi connectivity index (χ0) is 27.0. The number of amides is 1. The highest BCUT2D eigenvalue weighted by Gasteiger charge is 2.20. The van der Waals surface area contributed by atoms with Crippen molar-refractivity contribution >= 4 is 34.0 Å². The van der Waals surface area contributed by atoms with Crippen LogP contribution in [0.4, 0.5) is 17.2 Å². The predicted molar refractivity (Wildman–Crippen MR) is 152 cm³/mol. The van der Waals surface area contributed by atoms with Gasteiger partial charge in [0, 0.05) is 36.2 Å². The molecule has 2 N–H and O–H groups in total. The van der Waals surface area contributed by atoms with E-state index < -0.39 is 0 Å². The molecular weight excluding hydrogens is 494 g/mol. The van der Waals surface area contributed by atoms with Gasteiger partial charge in [-0.1, -0.05) is 24.3 Å². The molecule has 1 unspecified atom stereocenters. The van der Waals surface area contributed by atoms with E-state index >= 15 is 0 Å². The summed E-state index contributed by atoms with van der Waals surface area (Å²) >= 11 is 0. The number of likely N-dealkylation sites (N-methyl/N-ethyl adjacent to an activating group) is 1. The van der Waals surface area contributed by atoms with E-state index in [9.17, 15) is 4.79 Å². The summed E-state index contributed by atoms with van der Waals surface area (Å²) in [5.41, 5.74) is 2.06. The van der Waals surface area contributed by atoms with Gasteiger partial charge in [0.05, 0.1) is 24.4 Å². The van der Waals surface area contributed by atoms with Gasteiger partial charge in [-0.05, 0) is 56.6 Å². The number of benzene rings is 3. The van der Waals surface area contributed by atoms with Crippen molar-refractivity contribution in [3.63, 3.8) is 0 Å². The van der Waals surface area contributed by atoms with E-state index in [1.54, 1.807) is 0 Å². The average molecular weight is 526 g/mol. The second kappa shape index (κ2) is 12.4. The van der Waals surface area contributed by atoms with Crippen LogP contribution in [0.15, 0.2) is 85.2 Å². The van der Waals surface area contributed by atoms with E-state index in [-0.39, 0.29) is 12.0 Å². The summed E-state index contributed by atoms with van der Waals surface area (Å²) in [6, 6.07) is 20.9. The van der Waals surface area contributed by atoms with Gasteiger partial charge in [-0.15, -0.1) is 0 Å². The molecule has 1 fully saturated rings. The van der Waals surface area contributed by atoms with Crippen LogP contribution in [0.2, 0.25) is 0 Å². The molecule has 9 heteroatoms. The van der Waals surface area contributed by atoms with Crippen molar-refractivity contribution < 1.29 is 19.0 Å². The first-order valence-electron chi connectivity index (χ1n) is 12.8. The van der Waals surface area contributed by atoms with E-state index in [2.05, 4.69) is 20.6 Å². The summed E-state index contributed by atoms with van der Waals surface area (Å²) in [5, 5.41) is 7.06. The minimum atomic E-state index is -0.246. The minimum Gasteiger partial charge on any atom is -0.486 e. The minimum absolute atomic E-state index is 0.0848. The van der Waals surface area contributed by atoms with Crippen LogP contribution < -0.4 is 20.1 Å². The molecule has 1 aliphatic heterocycles. The number of aromatic nitrogens is 2. The Kier molecular flexibility index (Phi) is 8.30. The number of para-hydroxylation sites is 1. The monoisotopic (exact) mass is 525 g/mol. The predicted octanol–water partition coefficient (Wildman–Crippen LogP) is 5.39. The van der Waals surface area contributed by atoms with Crippen LogP contribution in [-0.4, -0.2) is 60.7 Å². The van der Waals surface area contributed by atoms with E-state index in [1.165, 1.54) is 12.4 Å². The Bertz CT molecular complexity index is 1440. The first kappa shape index (κ1) is 26.1. The maximum Gasteiger partial charge on any atom is 0.248 e. The molecule has 0 spiro atoms. The van der Waals surface area contributed by atoms with E-state index in [4.69, 9.17) is 14.2 Å². The SMILES string of the molecule is CN(C)C/C=C/C(=O)Nc1cc2c(Nc3ccc(Oc4ccccc4)cc3)ncnc2cc1OC1CCOC1. The van der Waals surface area contributed by atoms with Crippen LogP contribution in [0.5, 0.6) is 17.2 Å². The van der Waals surface area contributed by atoms with Crippen molar-refractivity contribution in [1.29, 1.82) is 0 Å². The van der Waals surface area contributed by atoms with Crippen molar-refractivity contribution in [2.24, 2.45) is 0 Å². The molecule has 200 valence electrons. The van der Waals surface area contributed by atoms with E-state index in [0.29, 0.717) is 42.5 Å². The molecule has 0 aliphatic carbocycles. The summed E-state index contributed by atoms with van der Waals surface area (Å²) in [6.07, 6.45) is 5.53. The Labute approximate surface area is 227 Å². The van der Waals surface area contributed by atoms with Crippen molar-refractivity contribution in [2.75, 3.05) is 44.5 Å². The molecule has 1 amide bonds. The number of ether oxygens (including phenoxy) is 3. The summed E-state index contributed by atoms with van der Waals surface area (Å²) in [6.45, 7) is 1.82. The van der Waals surface area contributed by atoms with E-state index in [1.807, 2.05) is 91.8 Å². The van der Waals surface area contributed by atoms with Gasteiger partial charge in [0.25, 0.3) is 0 Å². The summed E-state index contributed by atoms with van der Waals surface area (Å²) in [5.74, 6) is 2.40. The number of anilines is 3. The fourth-order valence-electron chi connectivity index (χ4n) is 4.08. The smallest absolute Gasteiger partial charge is 0.248 e. The Morgan fingerprint density at radius 1 is 1.08 bits per heavy atom. The first-order valence-corrected chi connectivity index (χ1v) is 12.8. The van der Waals surface area contributed by atoms with E-state index in [0.717, 1.165) is 29.0 Å². The highest BCUT2D eigenvalue weighted by Crippen LogP contribution is 2.35. The highest BCUT2D eigenvalue weighted by molar-refractivity contribution is 6.03. The molecule has 1 aliphatic rings. The quantitative estimate of drug-likeness (QED) is 0.266. The second-order valence-electron chi connectivity index (χ2n) is 9.41. The van der Waals surface area contributed by atoms with Crippen LogP contribution in [0.3, 0.4) is 0 Å². The molecule has 0 saturated carbocycles. The van der Waals surface area contributed by atoms with Crippen molar-refractivity contribution in [3.05, 3.63) is 85.2 Å². The number of carbonyl (C=O) groups excluding carboxylic acids is 1. The largest absolute Gasteiger partial charge is 0.486 e. The number of nitrogens with zero attached hydrogens (tertiary/aromatic N) is 3. The van der Waals surface area contributed by atoms with Gasteiger partial charge in [-0.25, -0.2) is 9.97 Å². The lowest BCUT2D eigenvalue weighted by atomic mass is 10.1. The third-order valence-electron chi connectivity index (χ3n) is 6.01. The number of rotatable bonds is 10. The van der Waals surface area contributed by atoms with Crippen LogP contribution >= 0.6 is 0 Å². The average Bonchev–Trinajstić information content (AvgIpc) is 3.44. The van der Waals surface area contributed by atoms with Crippen molar-refractivity contribution in [1.82, 2.24) is 14.9 Å². The highest BCUT2D eigenvalue weighted by atomic mass is 16.5. The molecule has 4 aromatic rings. The second-order valence-corrected chi connectivity index (χ2v) is 9.41. The lowest BCUT2D eigenvalue weighted by Crippen LogP contribution is -2.18. The molecule has 2 heterocycles. The fourth-order valence-corrected chi connectivity index (χ4v) is 4.08. The van der Waals surface area contributed by atoms with Crippen LogP contribution in [0.1, 0.15) is 6.42 Å². The Morgan fingerprint density at radius 3 is 2.62 bits per heavy atom. The molecule has 3 aromatic carbocycles. The molecule has 0 radical (unpaired) electrons. The zero-order valence-corrected chi connectivity index (χ0v) is 22.0.